The summed E-state index contributed by atoms with van der Waals surface area (Å²) in [5.74, 6) is 1.02. The molecule has 0 bridgehead atoms. The molecule has 3 N–H and O–H groups in total. The van der Waals surface area contributed by atoms with E-state index in [-0.39, 0.29) is 11.8 Å². The van der Waals surface area contributed by atoms with Crippen LogP contribution >= 0.6 is 0 Å². The van der Waals surface area contributed by atoms with Crippen LogP contribution in [0.5, 0.6) is 23.0 Å². The minimum absolute atomic E-state index is 0.0148. The number of hydrogen-bond donors (Lipinski definition) is 2. The summed E-state index contributed by atoms with van der Waals surface area (Å²) >= 11 is 0. The van der Waals surface area contributed by atoms with Crippen LogP contribution in [-0.4, -0.2) is 45.6 Å². The van der Waals surface area contributed by atoms with Gasteiger partial charge in [-0.3, -0.25) is 4.79 Å². The molecule has 3 atom stereocenters. The Labute approximate surface area is 149 Å². The van der Waals surface area contributed by atoms with Crippen molar-refractivity contribution in [2.24, 2.45) is 11.7 Å². The molecule has 142 valence electrons. The first-order valence-electron chi connectivity index (χ1n) is 8.21. The highest BCUT2D eigenvalue weighted by molar-refractivity contribution is 5.73. The standard InChI is InChI=1S/C18H29NO6/c1-7-11(8-13(19)18(20)21)10(2)12-9-14(22-3)16(24-5)17(25-6)15(12)23-4/h9-11,13H,7-8,19H2,1-6H3,(H,20,21). The zero-order chi connectivity index (χ0) is 19.1. The van der Waals surface area contributed by atoms with E-state index in [4.69, 9.17) is 29.8 Å². The molecule has 1 rings (SSSR count). The number of ether oxygens (including phenoxy) is 4. The van der Waals surface area contributed by atoms with Crippen LogP contribution in [0.25, 0.3) is 0 Å². The van der Waals surface area contributed by atoms with Crippen molar-refractivity contribution in [1.29, 1.82) is 0 Å². The molecule has 1 aromatic carbocycles. The first-order valence-corrected chi connectivity index (χ1v) is 8.21. The molecule has 0 saturated carbocycles. The van der Waals surface area contributed by atoms with Gasteiger partial charge in [-0.15, -0.1) is 0 Å². The lowest BCUT2D eigenvalue weighted by molar-refractivity contribution is -0.139. The quantitative estimate of drug-likeness (QED) is 0.665. The van der Waals surface area contributed by atoms with Gasteiger partial charge < -0.3 is 29.8 Å². The van der Waals surface area contributed by atoms with Gasteiger partial charge in [0.15, 0.2) is 11.5 Å². The number of carboxylic acids is 1. The minimum Gasteiger partial charge on any atom is -0.493 e. The molecule has 0 aliphatic heterocycles. The number of aliphatic carboxylic acids is 1. The maximum absolute atomic E-state index is 11.1. The summed E-state index contributed by atoms with van der Waals surface area (Å²) in [6, 6.07) is 0.945. The predicted octanol–water partition coefficient (Wildman–Crippen LogP) is 2.65. The van der Waals surface area contributed by atoms with E-state index < -0.39 is 12.0 Å². The van der Waals surface area contributed by atoms with Crippen molar-refractivity contribution in [2.45, 2.75) is 38.6 Å². The number of hydrogen-bond acceptors (Lipinski definition) is 6. The van der Waals surface area contributed by atoms with Crippen molar-refractivity contribution in [2.75, 3.05) is 28.4 Å². The van der Waals surface area contributed by atoms with Crippen molar-refractivity contribution in [3.05, 3.63) is 11.6 Å². The van der Waals surface area contributed by atoms with E-state index in [1.807, 2.05) is 19.9 Å². The van der Waals surface area contributed by atoms with Crippen molar-refractivity contribution < 1.29 is 28.8 Å². The summed E-state index contributed by atoms with van der Waals surface area (Å²) in [5.41, 5.74) is 6.60. The molecule has 25 heavy (non-hydrogen) atoms. The van der Waals surface area contributed by atoms with Gasteiger partial charge >= 0.3 is 5.97 Å². The van der Waals surface area contributed by atoms with Gasteiger partial charge in [0, 0.05) is 5.56 Å². The molecule has 7 heteroatoms. The third-order valence-corrected chi connectivity index (χ3v) is 4.61. The van der Waals surface area contributed by atoms with E-state index in [2.05, 4.69) is 0 Å². The van der Waals surface area contributed by atoms with Crippen LogP contribution in [0.4, 0.5) is 0 Å². The molecule has 0 heterocycles. The molecule has 0 fully saturated rings. The number of carboxylic acid groups (broad SMARTS) is 1. The summed E-state index contributed by atoms with van der Waals surface area (Å²) in [4.78, 5) is 11.1. The second kappa shape index (κ2) is 9.36. The number of methoxy groups -OCH3 is 4. The van der Waals surface area contributed by atoms with Gasteiger partial charge in [0.25, 0.3) is 0 Å². The van der Waals surface area contributed by atoms with Gasteiger partial charge in [-0.25, -0.2) is 0 Å². The third-order valence-electron chi connectivity index (χ3n) is 4.61. The molecule has 7 nitrogen and oxygen atoms in total. The van der Waals surface area contributed by atoms with Crippen LogP contribution < -0.4 is 24.7 Å². The van der Waals surface area contributed by atoms with E-state index in [0.29, 0.717) is 29.4 Å². The normalized spacial score (nSPS) is 14.4. The molecule has 3 unspecified atom stereocenters. The van der Waals surface area contributed by atoms with Gasteiger partial charge in [-0.1, -0.05) is 20.3 Å². The Morgan fingerprint density at radius 1 is 1.08 bits per heavy atom. The Kier molecular flexibility index (Phi) is 7.83. The van der Waals surface area contributed by atoms with Crippen molar-refractivity contribution in [1.82, 2.24) is 0 Å². The van der Waals surface area contributed by atoms with E-state index in [9.17, 15) is 4.79 Å². The van der Waals surface area contributed by atoms with Crippen LogP contribution in [0.2, 0.25) is 0 Å². The molecule has 0 saturated heterocycles. The molecule has 0 aliphatic rings. The first kappa shape index (κ1) is 20.9. The summed E-state index contributed by atoms with van der Waals surface area (Å²) < 4.78 is 21.9. The summed E-state index contributed by atoms with van der Waals surface area (Å²) in [7, 11) is 6.18. The smallest absolute Gasteiger partial charge is 0.320 e. The number of nitrogens with two attached hydrogens (primary N) is 1. The van der Waals surface area contributed by atoms with E-state index in [1.165, 1.54) is 14.2 Å². The van der Waals surface area contributed by atoms with Gasteiger partial charge in [0.05, 0.1) is 28.4 Å². The first-order chi connectivity index (χ1) is 11.9. The van der Waals surface area contributed by atoms with Gasteiger partial charge in [0.2, 0.25) is 11.5 Å². The fraction of sp³-hybridized carbons (Fsp3) is 0.611. The molecule has 0 aromatic heterocycles. The Balaban J connectivity index is 3.40. The zero-order valence-corrected chi connectivity index (χ0v) is 15.8. The second-order valence-corrected chi connectivity index (χ2v) is 5.91. The van der Waals surface area contributed by atoms with Crippen LogP contribution in [0.15, 0.2) is 6.07 Å². The lowest BCUT2D eigenvalue weighted by Gasteiger charge is -2.28. The maximum Gasteiger partial charge on any atom is 0.320 e. The molecular formula is C18H29NO6. The van der Waals surface area contributed by atoms with Crippen molar-refractivity contribution >= 4 is 5.97 Å². The van der Waals surface area contributed by atoms with Crippen LogP contribution in [0.3, 0.4) is 0 Å². The monoisotopic (exact) mass is 355 g/mol. The minimum atomic E-state index is -0.998. The van der Waals surface area contributed by atoms with Crippen LogP contribution in [0, 0.1) is 5.92 Å². The van der Waals surface area contributed by atoms with E-state index >= 15 is 0 Å². The summed E-state index contributed by atoms with van der Waals surface area (Å²) in [5, 5.41) is 9.11. The molecule has 1 aromatic rings. The largest absolute Gasteiger partial charge is 0.493 e. The topological polar surface area (TPSA) is 100 Å². The summed E-state index contributed by atoms with van der Waals surface area (Å²) in [6.45, 7) is 4.03. The van der Waals surface area contributed by atoms with Gasteiger partial charge in [-0.05, 0) is 24.3 Å². The van der Waals surface area contributed by atoms with Crippen molar-refractivity contribution in [3.63, 3.8) is 0 Å². The van der Waals surface area contributed by atoms with E-state index in [1.54, 1.807) is 14.2 Å². The van der Waals surface area contributed by atoms with Crippen molar-refractivity contribution in [3.8, 4) is 23.0 Å². The van der Waals surface area contributed by atoms with Crippen LogP contribution in [-0.2, 0) is 4.79 Å². The van der Waals surface area contributed by atoms with Gasteiger partial charge in [0.1, 0.15) is 6.04 Å². The predicted molar refractivity (Wildman–Crippen MR) is 95.1 cm³/mol. The molecule has 0 amide bonds. The highest BCUT2D eigenvalue weighted by Crippen LogP contribution is 2.50. The van der Waals surface area contributed by atoms with Crippen LogP contribution in [0.1, 0.15) is 38.2 Å². The maximum atomic E-state index is 11.1. The molecule has 0 spiro atoms. The fourth-order valence-electron chi connectivity index (χ4n) is 3.10. The average molecular weight is 355 g/mol. The number of benzene rings is 1. The molecular weight excluding hydrogens is 326 g/mol. The number of carbonyl (C=O) groups is 1. The number of rotatable bonds is 10. The molecule has 0 aliphatic carbocycles. The Bertz CT molecular complexity index is 589. The Hall–Kier alpha value is -2.15. The SMILES string of the molecule is CCC(CC(N)C(=O)O)C(C)c1cc(OC)c(OC)c(OC)c1OC. The highest BCUT2D eigenvalue weighted by atomic mass is 16.5. The lowest BCUT2D eigenvalue weighted by atomic mass is 9.81. The zero-order valence-electron chi connectivity index (χ0n) is 15.8. The highest BCUT2D eigenvalue weighted by Gasteiger charge is 2.29. The Morgan fingerprint density at radius 3 is 2.04 bits per heavy atom. The second-order valence-electron chi connectivity index (χ2n) is 5.91. The average Bonchev–Trinajstić information content (AvgIpc) is 2.62. The van der Waals surface area contributed by atoms with E-state index in [0.717, 1.165) is 12.0 Å². The van der Waals surface area contributed by atoms with Gasteiger partial charge in [-0.2, -0.15) is 0 Å². The summed E-state index contributed by atoms with van der Waals surface area (Å²) in [6.07, 6.45) is 1.15. The molecule has 0 radical (unpaired) electrons. The lowest BCUT2D eigenvalue weighted by Crippen LogP contribution is -2.33. The Morgan fingerprint density at radius 2 is 1.64 bits per heavy atom. The third kappa shape index (κ3) is 4.48. The fourth-order valence-corrected chi connectivity index (χ4v) is 3.10.